The zero-order valence-corrected chi connectivity index (χ0v) is 21.6. The second-order valence-corrected chi connectivity index (χ2v) is 9.27. The molecule has 14 heteroatoms. The van der Waals surface area contributed by atoms with Gasteiger partial charge in [0.2, 0.25) is 23.6 Å². The number of carbonyl (C=O) groups is 6. The highest BCUT2D eigenvalue weighted by molar-refractivity contribution is 5.96. The second kappa shape index (κ2) is 13.9. The van der Waals surface area contributed by atoms with Crippen LogP contribution in [0.2, 0.25) is 0 Å². The molecule has 5 atom stereocenters. The number of primary amides is 1. The number of amides is 4. The molecule has 14 nitrogen and oxygen atoms in total. The van der Waals surface area contributed by atoms with E-state index >= 15 is 0 Å². The van der Waals surface area contributed by atoms with E-state index in [-0.39, 0.29) is 6.42 Å². The van der Waals surface area contributed by atoms with Crippen molar-refractivity contribution in [3.05, 3.63) is 36.0 Å². The van der Waals surface area contributed by atoms with Crippen LogP contribution in [0.25, 0.3) is 10.9 Å². The van der Waals surface area contributed by atoms with E-state index in [1.807, 2.05) is 0 Å². The summed E-state index contributed by atoms with van der Waals surface area (Å²) in [6.07, 6.45) is 0.628. The lowest BCUT2D eigenvalue weighted by atomic mass is 9.98. The second-order valence-electron chi connectivity index (χ2n) is 9.27. The lowest BCUT2D eigenvalue weighted by Crippen LogP contribution is -2.58. The first-order chi connectivity index (χ1) is 18.3. The van der Waals surface area contributed by atoms with Crippen LogP contribution in [0.1, 0.15) is 38.7 Å². The zero-order valence-electron chi connectivity index (χ0n) is 21.6. The summed E-state index contributed by atoms with van der Waals surface area (Å²) < 4.78 is 0. The average Bonchev–Trinajstić information content (AvgIpc) is 3.27. The van der Waals surface area contributed by atoms with Crippen LogP contribution in [0.4, 0.5) is 0 Å². The molecule has 1 heterocycles. The van der Waals surface area contributed by atoms with Crippen molar-refractivity contribution in [2.45, 2.75) is 63.7 Å². The van der Waals surface area contributed by atoms with E-state index in [9.17, 15) is 39.0 Å². The summed E-state index contributed by atoms with van der Waals surface area (Å²) in [4.78, 5) is 76.2. The molecule has 2 rings (SSSR count). The zero-order chi connectivity index (χ0) is 29.3. The maximum absolute atomic E-state index is 13.3. The van der Waals surface area contributed by atoms with Crippen LogP contribution in [0.15, 0.2) is 30.5 Å². The van der Waals surface area contributed by atoms with Crippen LogP contribution in [-0.4, -0.2) is 74.9 Å². The van der Waals surface area contributed by atoms with E-state index in [0.717, 1.165) is 10.9 Å². The number of rotatable bonds is 15. The van der Waals surface area contributed by atoms with E-state index < -0.39 is 78.5 Å². The van der Waals surface area contributed by atoms with E-state index in [1.165, 1.54) is 0 Å². The molecule has 0 radical (unpaired) electrons. The van der Waals surface area contributed by atoms with Crippen molar-refractivity contribution in [1.29, 1.82) is 0 Å². The fourth-order valence-corrected chi connectivity index (χ4v) is 3.91. The van der Waals surface area contributed by atoms with Gasteiger partial charge in [0.15, 0.2) is 0 Å². The fourth-order valence-electron chi connectivity index (χ4n) is 3.91. The Hall–Kier alpha value is -4.46. The molecule has 0 bridgehead atoms. The Bertz CT molecular complexity index is 1230. The Morgan fingerprint density at radius 1 is 0.923 bits per heavy atom. The van der Waals surface area contributed by atoms with Crippen LogP contribution >= 0.6 is 0 Å². The number of nitrogens with one attached hydrogen (secondary N) is 4. The molecular weight excluding hydrogens is 512 g/mol. The molecule has 0 aliphatic rings. The smallest absolute Gasteiger partial charge is 0.326 e. The highest BCUT2D eigenvalue weighted by atomic mass is 16.4. The Morgan fingerprint density at radius 3 is 2.13 bits per heavy atom. The van der Waals surface area contributed by atoms with Gasteiger partial charge in [0, 0.05) is 23.5 Å². The summed E-state index contributed by atoms with van der Waals surface area (Å²) in [5.41, 5.74) is 12.2. The van der Waals surface area contributed by atoms with Crippen LogP contribution in [0.5, 0.6) is 0 Å². The molecular formula is C25H34N6O8. The monoisotopic (exact) mass is 546 g/mol. The molecule has 2 aromatic rings. The van der Waals surface area contributed by atoms with Gasteiger partial charge < -0.3 is 42.6 Å². The topological polar surface area (TPSA) is 247 Å². The average molecular weight is 547 g/mol. The molecule has 0 aliphatic heterocycles. The Morgan fingerprint density at radius 2 is 1.54 bits per heavy atom. The number of para-hydroxylation sites is 1. The molecule has 1 aromatic heterocycles. The van der Waals surface area contributed by atoms with Gasteiger partial charge in [-0.1, -0.05) is 38.5 Å². The predicted octanol–water partition coefficient (Wildman–Crippen LogP) is -1.03. The molecule has 0 saturated carbocycles. The normalized spacial score (nSPS) is 14.8. The third-order valence-electron chi connectivity index (χ3n) is 6.28. The molecule has 0 spiro atoms. The molecule has 4 amide bonds. The summed E-state index contributed by atoms with van der Waals surface area (Å²) in [5, 5.41) is 26.6. The van der Waals surface area contributed by atoms with Crippen molar-refractivity contribution >= 4 is 46.5 Å². The van der Waals surface area contributed by atoms with E-state index in [4.69, 9.17) is 11.5 Å². The third kappa shape index (κ3) is 8.81. The number of carboxylic acids is 2. The number of H-pyrrole nitrogens is 1. The predicted molar refractivity (Wildman–Crippen MR) is 139 cm³/mol. The minimum atomic E-state index is -1.65. The highest BCUT2D eigenvalue weighted by Gasteiger charge is 2.33. The lowest BCUT2D eigenvalue weighted by molar-refractivity contribution is -0.144. The molecule has 0 saturated heterocycles. The van der Waals surface area contributed by atoms with Gasteiger partial charge >= 0.3 is 11.9 Å². The maximum atomic E-state index is 13.3. The largest absolute Gasteiger partial charge is 0.481 e. The van der Waals surface area contributed by atoms with Crippen LogP contribution in [0.3, 0.4) is 0 Å². The summed E-state index contributed by atoms with van der Waals surface area (Å²) in [6, 6.07) is 1.51. The van der Waals surface area contributed by atoms with Crippen molar-refractivity contribution in [3.63, 3.8) is 0 Å². The van der Waals surface area contributed by atoms with Gasteiger partial charge in [-0.2, -0.15) is 0 Å². The first-order valence-electron chi connectivity index (χ1n) is 12.3. The minimum absolute atomic E-state index is 0.0864. The van der Waals surface area contributed by atoms with Crippen LogP contribution in [0, 0.1) is 5.92 Å². The number of carbonyl (C=O) groups excluding carboxylic acids is 4. The number of aromatic amines is 1. The van der Waals surface area contributed by atoms with Gasteiger partial charge in [-0.3, -0.25) is 24.0 Å². The third-order valence-corrected chi connectivity index (χ3v) is 6.28. The number of hydrogen-bond acceptors (Lipinski definition) is 7. The minimum Gasteiger partial charge on any atom is -0.481 e. The first-order valence-corrected chi connectivity index (χ1v) is 12.3. The SMILES string of the molecule is CCC(C)C(NC(=O)C(CC(=O)O)NC(=O)C(Cc1c[nH]c2ccccc12)NC(=O)C(N)CC(N)=O)C(=O)O. The molecule has 0 fully saturated rings. The summed E-state index contributed by atoms with van der Waals surface area (Å²) >= 11 is 0. The molecule has 0 aliphatic carbocycles. The number of aliphatic carboxylic acids is 2. The van der Waals surface area contributed by atoms with E-state index in [2.05, 4.69) is 20.9 Å². The Labute approximate surface area is 223 Å². The van der Waals surface area contributed by atoms with Gasteiger partial charge in [-0.05, 0) is 17.5 Å². The quantitative estimate of drug-likeness (QED) is 0.136. The van der Waals surface area contributed by atoms with Gasteiger partial charge in [-0.25, -0.2) is 4.79 Å². The van der Waals surface area contributed by atoms with Gasteiger partial charge in [0.05, 0.1) is 18.9 Å². The molecule has 212 valence electrons. The first kappa shape index (κ1) is 30.8. The number of hydrogen-bond donors (Lipinski definition) is 8. The maximum Gasteiger partial charge on any atom is 0.326 e. The molecule has 1 aromatic carbocycles. The van der Waals surface area contributed by atoms with Crippen LogP contribution in [-0.2, 0) is 35.2 Å². The number of benzene rings is 1. The van der Waals surface area contributed by atoms with Gasteiger partial charge in [-0.15, -0.1) is 0 Å². The standard InChI is InChI=1S/C25H34N6O8/c1-3-12(2)21(25(38)39)31-24(37)18(10-20(33)34)30-23(36)17(29-22(35)15(26)9-19(27)32)8-13-11-28-16-7-5-4-6-14(13)16/h4-7,11-12,15,17-18,21,28H,3,8-10,26H2,1-2H3,(H2,27,32)(H,29,35)(H,30,36)(H,31,37)(H,33,34)(H,38,39). The fraction of sp³-hybridized carbons (Fsp3) is 0.440. The van der Waals surface area contributed by atoms with Crippen molar-refractivity contribution in [2.75, 3.05) is 0 Å². The van der Waals surface area contributed by atoms with Gasteiger partial charge in [0.25, 0.3) is 0 Å². The number of fused-ring (bicyclic) bond motifs is 1. The summed E-state index contributed by atoms with van der Waals surface area (Å²) in [6.45, 7) is 3.33. The number of nitrogens with two attached hydrogens (primary N) is 2. The Kier molecular flexibility index (Phi) is 11.0. The molecule has 5 unspecified atom stereocenters. The number of carboxylic acid groups (broad SMARTS) is 2. The van der Waals surface area contributed by atoms with E-state index in [0.29, 0.717) is 12.0 Å². The Balaban J connectivity index is 2.33. The molecule has 10 N–H and O–H groups in total. The summed E-state index contributed by atoms with van der Waals surface area (Å²) in [7, 11) is 0. The number of aromatic nitrogens is 1. The van der Waals surface area contributed by atoms with Gasteiger partial charge in [0.1, 0.15) is 18.1 Å². The van der Waals surface area contributed by atoms with E-state index in [1.54, 1.807) is 44.3 Å². The highest BCUT2D eigenvalue weighted by Crippen LogP contribution is 2.19. The summed E-state index contributed by atoms with van der Waals surface area (Å²) in [5.74, 6) is -6.85. The van der Waals surface area contributed by atoms with Crippen molar-refractivity contribution in [2.24, 2.45) is 17.4 Å². The van der Waals surface area contributed by atoms with Crippen LogP contribution < -0.4 is 27.4 Å². The van der Waals surface area contributed by atoms with Crippen molar-refractivity contribution in [1.82, 2.24) is 20.9 Å². The lowest BCUT2D eigenvalue weighted by Gasteiger charge is -2.26. The van der Waals surface area contributed by atoms with Crippen molar-refractivity contribution < 1.29 is 39.0 Å². The molecule has 39 heavy (non-hydrogen) atoms. The van der Waals surface area contributed by atoms with Crippen molar-refractivity contribution in [3.8, 4) is 0 Å².